The Bertz CT molecular complexity index is 989. The van der Waals surface area contributed by atoms with Crippen molar-refractivity contribution in [3.8, 4) is 0 Å². The van der Waals surface area contributed by atoms with E-state index in [0.29, 0.717) is 16.5 Å². The quantitative estimate of drug-likeness (QED) is 0.397. The van der Waals surface area contributed by atoms with E-state index < -0.39 is 10.0 Å². The summed E-state index contributed by atoms with van der Waals surface area (Å²) in [4.78, 5) is 4.40. The molecule has 1 aromatic heterocycles. The molecular formula is C21H35N7O2S2. The normalized spacial score (nSPS) is 12.2. The standard InChI is InChI=1S/C21H35N7O2S2/c1-8-12-27(13-9-2)17-10-11-18(19(14-17)26-32(7,29)30)22-23-20-24-25-21(31-20)28(15(3)4)16(5)6/h10-11,14-16,26H,8-9,12-13H2,1-7H3. The highest BCUT2D eigenvalue weighted by Crippen LogP contribution is 2.34. The number of azo groups is 1. The Labute approximate surface area is 196 Å². The number of aromatic nitrogens is 2. The molecule has 178 valence electrons. The lowest BCUT2D eigenvalue weighted by Gasteiger charge is -2.29. The van der Waals surface area contributed by atoms with Gasteiger partial charge in [-0.05, 0) is 58.7 Å². The molecule has 0 amide bonds. The van der Waals surface area contributed by atoms with E-state index in [1.807, 2.05) is 12.1 Å². The maximum atomic E-state index is 11.9. The fourth-order valence-electron chi connectivity index (χ4n) is 3.49. The number of hydrogen-bond donors (Lipinski definition) is 1. The molecule has 0 aliphatic rings. The Hall–Kier alpha value is -2.27. The molecular weight excluding hydrogens is 446 g/mol. The number of anilines is 3. The molecule has 2 rings (SSSR count). The van der Waals surface area contributed by atoms with Crippen molar-refractivity contribution in [3.63, 3.8) is 0 Å². The summed E-state index contributed by atoms with van der Waals surface area (Å²) >= 11 is 1.35. The Morgan fingerprint density at radius 2 is 1.66 bits per heavy atom. The lowest BCUT2D eigenvalue weighted by atomic mass is 10.2. The minimum atomic E-state index is -3.48. The van der Waals surface area contributed by atoms with E-state index in [0.717, 1.165) is 43.0 Å². The fraction of sp³-hybridized carbons (Fsp3) is 0.619. The third kappa shape index (κ3) is 7.40. The molecule has 0 atom stereocenters. The van der Waals surface area contributed by atoms with Gasteiger partial charge in [-0.2, -0.15) is 0 Å². The van der Waals surface area contributed by atoms with Crippen LogP contribution in [0.5, 0.6) is 0 Å². The van der Waals surface area contributed by atoms with E-state index >= 15 is 0 Å². The van der Waals surface area contributed by atoms with Crippen molar-refractivity contribution in [2.75, 3.05) is 33.9 Å². The second kappa shape index (κ2) is 11.6. The molecule has 0 saturated carbocycles. The molecule has 1 heterocycles. The highest BCUT2D eigenvalue weighted by Gasteiger charge is 2.19. The van der Waals surface area contributed by atoms with Crippen LogP contribution in [-0.4, -0.2) is 50.0 Å². The molecule has 0 saturated heterocycles. The summed E-state index contributed by atoms with van der Waals surface area (Å²) in [5.41, 5.74) is 1.76. The van der Waals surface area contributed by atoms with Gasteiger partial charge in [0.25, 0.3) is 5.13 Å². The van der Waals surface area contributed by atoms with Crippen molar-refractivity contribution in [1.82, 2.24) is 10.2 Å². The van der Waals surface area contributed by atoms with Gasteiger partial charge in [-0.3, -0.25) is 4.72 Å². The van der Waals surface area contributed by atoms with Crippen molar-refractivity contribution < 1.29 is 8.42 Å². The van der Waals surface area contributed by atoms with Crippen LogP contribution in [-0.2, 0) is 10.0 Å². The molecule has 0 unspecified atom stereocenters. The van der Waals surface area contributed by atoms with Crippen molar-refractivity contribution in [2.24, 2.45) is 10.2 Å². The molecule has 0 spiro atoms. The summed E-state index contributed by atoms with van der Waals surface area (Å²) in [5.74, 6) is 0. The van der Waals surface area contributed by atoms with Gasteiger partial charge in [-0.1, -0.05) is 25.2 Å². The Morgan fingerprint density at radius 1 is 1.03 bits per heavy atom. The number of nitrogens with one attached hydrogen (secondary N) is 1. The molecule has 0 radical (unpaired) electrons. The van der Waals surface area contributed by atoms with Crippen LogP contribution in [0.1, 0.15) is 54.4 Å². The topological polar surface area (TPSA) is 103 Å². The van der Waals surface area contributed by atoms with Crippen LogP contribution >= 0.6 is 11.3 Å². The van der Waals surface area contributed by atoms with Gasteiger partial charge in [0.15, 0.2) is 0 Å². The number of sulfonamides is 1. The number of hydrogen-bond acceptors (Lipinski definition) is 9. The van der Waals surface area contributed by atoms with E-state index in [-0.39, 0.29) is 12.1 Å². The zero-order valence-corrected chi connectivity index (χ0v) is 21.7. The van der Waals surface area contributed by atoms with Crippen LogP contribution in [0, 0.1) is 0 Å². The van der Waals surface area contributed by atoms with Crippen molar-refractivity contribution >= 4 is 48.7 Å². The number of rotatable bonds is 12. The molecule has 1 aromatic carbocycles. The summed E-state index contributed by atoms with van der Waals surface area (Å²) in [6.45, 7) is 14.4. The van der Waals surface area contributed by atoms with E-state index in [9.17, 15) is 8.42 Å². The molecule has 2 aromatic rings. The Morgan fingerprint density at radius 3 is 2.19 bits per heavy atom. The third-order valence-electron chi connectivity index (χ3n) is 4.61. The predicted octanol–water partition coefficient (Wildman–Crippen LogP) is 5.57. The number of nitrogens with zero attached hydrogens (tertiary/aromatic N) is 6. The summed E-state index contributed by atoms with van der Waals surface area (Å²) in [5, 5.41) is 18.1. The summed E-state index contributed by atoms with van der Waals surface area (Å²) < 4.78 is 26.5. The van der Waals surface area contributed by atoms with Gasteiger partial charge < -0.3 is 9.80 Å². The third-order valence-corrected chi connectivity index (χ3v) is 6.02. The van der Waals surface area contributed by atoms with Crippen molar-refractivity contribution in [2.45, 2.75) is 66.5 Å². The maximum absolute atomic E-state index is 11.9. The highest BCUT2D eigenvalue weighted by atomic mass is 32.2. The molecule has 0 aliphatic heterocycles. The SMILES string of the molecule is CCCN(CCC)c1ccc(N=Nc2nnc(N(C(C)C)C(C)C)s2)c(NS(C)(=O)=O)c1. The van der Waals surface area contributed by atoms with Crippen LogP contribution < -0.4 is 14.5 Å². The molecule has 32 heavy (non-hydrogen) atoms. The van der Waals surface area contributed by atoms with E-state index in [1.54, 1.807) is 6.07 Å². The van der Waals surface area contributed by atoms with Crippen LogP contribution in [0.4, 0.5) is 27.3 Å². The Balaban J connectivity index is 2.37. The minimum Gasteiger partial charge on any atom is -0.371 e. The predicted molar refractivity (Wildman–Crippen MR) is 135 cm³/mol. The van der Waals surface area contributed by atoms with E-state index in [1.165, 1.54) is 11.3 Å². The zero-order chi connectivity index (χ0) is 23.9. The van der Waals surface area contributed by atoms with Gasteiger partial charge in [0.2, 0.25) is 15.2 Å². The molecule has 11 heteroatoms. The molecule has 9 nitrogen and oxygen atoms in total. The van der Waals surface area contributed by atoms with Gasteiger partial charge in [0, 0.05) is 30.9 Å². The maximum Gasteiger partial charge on any atom is 0.253 e. The fourth-order valence-corrected chi connectivity index (χ4v) is 4.98. The van der Waals surface area contributed by atoms with Crippen LogP contribution in [0.3, 0.4) is 0 Å². The van der Waals surface area contributed by atoms with Gasteiger partial charge in [-0.15, -0.1) is 20.4 Å². The summed E-state index contributed by atoms with van der Waals surface area (Å²) in [6.07, 6.45) is 3.12. The van der Waals surface area contributed by atoms with Gasteiger partial charge in [0.05, 0.1) is 11.9 Å². The van der Waals surface area contributed by atoms with Gasteiger partial charge in [0.1, 0.15) is 5.69 Å². The first-order valence-corrected chi connectivity index (χ1v) is 13.7. The van der Waals surface area contributed by atoms with Crippen LogP contribution in [0.25, 0.3) is 0 Å². The van der Waals surface area contributed by atoms with Gasteiger partial charge in [-0.25, -0.2) is 8.42 Å². The average molecular weight is 482 g/mol. The van der Waals surface area contributed by atoms with E-state index in [4.69, 9.17) is 0 Å². The van der Waals surface area contributed by atoms with Crippen molar-refractivity contribution in [1.29, 1.82) is 0 Å². The Kier molecular flexibility index (Phi) is 9.38. The lowest BCUT2D eigenvalue weighted by molar-refractivity contribution is 0.603. The first-order valence-electron chi connectivity index (χ1n) is 11.0. The lowest BCUT2D eigenvalue weighted by Crippen LogP contribution is -2.36. The van der Waals surface area contributed by atoms with Crippen molar-refractivity contribution in [3.05, 3.63) is 18.2 Å². The van der Waals surface area contributed by atoms with Gasteiger partial charge >= 0.3 is 0 Å². The minimum absolute atomic E-state index is 0.278. The first-order chi connectivity index (χ1) is 15.1. The van der Waals surface area contributed by atoms with E-state index in [2.05, 4.69) is 76.5 Å². The zero-order valence-electron chi connectivity index (χ0n) is 20.0. The monoisotopic (exact) mass is 481 g/mol. The summed E-state index contributed by atoms with van der Waals surface area (Å²) in [7, 11) is -3.48. The molecule has 0 bridgehead atoms. The molecule has 0 fully saturated rings. The average Bonchev–Trinajstić information content (AvgIpc) is 3.13. The largest absolute Gasteiger partial charge is 0.371 e. The molecule has 1 N–H and O–H groups in total. The smallest absolute Gasteiger partial charge is 0.253 e. The summed E-state index contributed by atoms with van der Waals surface area (Å²) in [6, 6.07) is 6.09. The second-order valence-corrected chi connectivity index (χ2v) is 10.9. The van der Waals surface area contributed by atoms with Crippen LogP contribution in [0.2, 0.25) is 0 Å². The second-order valence-electron chi connectivity index (χ2n) is 8.22. The number of benzene rings is 1. The first kappa shape index (κ1) is 26.0. The van der Waals surface area contributed by atoms with Crippen LogP contribution in [0.15, 0.2) is 28.4 Å². The highest BCUT2D eigenvalue weighted by molar-refractivity contribution is 7.92. The molecule has 0 aliphatic carbocycles.